The summed E-state index contributed by atoms with van der Waals surface area (Å²) in [4.78, 5) is 10.3. The van der Waals surface area contributed by atoms with Crippen LogP contribution in [0.2, 0.25) is 0 Å². The van der Waals surface area contributed by atoms with Crippen molar-refractivity contribution >= 4 is 5.97 Å². The van der Waals surface area contributed by atoms with Crippen molar-refractivity contribution in [2.75, 3.05) is 0 Å². The van der Waals surface area contributed by atoms with Gasteiger partial charge >= 0.3 is 5.97 Å². The first-order valence-electron chi connectivity index (χ1n) is 9.10. The van der Waals surface area contributed by atoms with Crippen molar-refractivity contribution in [3.05, 3.63) is 72.9 Å². The molecule has 3 N–H and O–H groups in total. The van der Waals surface area contributed by atoms with Gasteiger partial charge in [0, 0.05) is 6.42 Å². The number of allylic oxidation sites excluding steroid dienone is 8. The highest BCUT2D eigenvalue weighted by Gasteiger charge is 1.95. The normalized spacial score (nSPS) is 15.5. The number of hydrogen-bond acceptors (Lipinski definition) is 3. The molecule has 2 atom stereocenters. The molecule has 144 valence electrons. The van der Waals surface area contributed by atoms with Crippen molar-refractivity contribution in [1.29, 1.82) is 0 Å². The van der Waals surface area contributed by atoms with Crippen molar-refractivity contribution < 1.29 is 20.1 Å². The molecule has 0 aliphatic carbocycles. The molecule has 0 rings (SSSR count). The van der Waals surface area contributed by atoms with Gasteiger partial charge in [-0.15, -0.1) is 0 Å². The third-order valence-electron chi connectivity index (χ3n) is 3.29. The van der Waals surface area contributed by atoms with Crippen LogP contribution in [0.5, 0.6) is 0 Å². The van der Waals surface area contributed by atoms with Crippen LogP contribution in [0.4, 0.5) is 0 Å². The molecule has 0 aliphatic rings. The number of carboxylic acid groups (broad SMARTS) is 1. The smallest absolute Gasteiger partial charge is 0.303 e. The summed E-state index contributed by atoms with van der Waals surface area (Å²) in [6.45, 7) is 2.10. The van der Waals surface area contributed by atoms with Gasteiger partial charge in [0.2, 0.25) is 0 Å². The maximum Gasteiger partial charge on any atom is 0.303 e. The molecule has 0 saturated carbocycles. The number of rotatable bonds is 14. The summed E-state index contributed by atoms with van der Waals surface area (Å²) in [5, 5.41) is 28.0. The van der Waals surface area contributed by atoms with Crippen molar-refractivity contribution in [3.63, 3.8) is 0 Å². The SMILES string of the molecule is CC/C=C\C/C=C\C[C@H](O)\C=C/C=C/C=C/C(O)C/C=C\CCC(=O)O. The molecule has 26 heavy (non-hydrogen) atoms. The molecule has 0 aliphatic heterocycles. The Kier molecular flexibility index (Phi) is 16.2. The Labute approximate surface area is 157 Å². The predicted octanol–water partition coefficient (Wildman–Crippen LogP) is 4.49. The minimum absolute atomic E-state index is 0.106. The molecule has 0 spiro atoms. The Bertz CT molecular complexity index is 524. The molecule has 4 nitrogen and oxygen atoms in total. The van der Waals surface area contributed by atoms with E-state index >= 15 is 0 Å². The Balaban J connectivity index is 3.91. The third kappa shape index (κ3) is 18.2. The molecule has 0 heterocycles. The lowest BCUT2D eigenvalue weighted by Crippen LogP contribution is -1.99. The summed E-state index contributed by atoms with van der Waals surface area (Å²) >= 11 is 0. The molecular weight excluding hydrogens is 328 g/mol. The molecule has 0 saturated heterocycles. The lowest BCUT2D eigenvalue weighted by atomic mass is 10.2. The second-order valence-electron chi connectivity index (χ2n) is 5.75. The minimum atomic E-state index is -0.821. The molecule has 4 heteroatoms. The Morgan fingerprint density at radius 3 is 1.88 bits per heavy atom. The van der Waals surface area contributed by atoms with Crippen LogP contribution in [0.3, 0.4) is 0 Å². The number of aliphatic hydroxyl groups is 2. The summed E-state index contributed by atoms with van der Waals surface area (Å²) in [6.07, 6.45) is 24.7. The van der Waals surface area contributed by atoms with E-state index in [0.717, 1.165) is 12.8 Å². The Morgan fingerprint density at radius 2 is 1.35 bits per heavy atom. The van der Waals surface area contributed by atoms with Gasteiger partial charge in [0.15, 0.2) is 0 Å². The van der Waals surface area contributed by atoms with Gasteiger partial charge < -0.3 is 15.3 Å². The van der Waals surface area contributed by atoms with E-state index in [-0.39, 0.29) is 6.42 Å². The fourth-order valence-electron chi connectivity index (χ4n) is 1.90. The first-order chi connectivity index (χ1) is 12.6. The van der Waals surface area contributed by atoms with E-state index < -0.39 is 18.2 Å². The van der Waals surface area contributed by atoms with Gasteiger partial charge in [-0.25, -0.2) is 0 Å². The summed E-state index contributed by atoms with van der Waals surface area (Å²) in [6, 6.07) is 0. The second kappa shape index (κ2) is 17.6. The van der Waals surface area contributed by atoms with Crippen LogP contribution >= 0.6 is 0 Å². The van der Waals surface area contributed by atoms with Crippen molar-refractivity contribution in [3.8, 4) is 0 Å². The zero-order valence-corrected chi connectivity index (χ0v) is 15.6. The molecule has 0 aromatic heterocycles. The second-order valence-corrected chi connectivity index (χ2v) is 5.75. The van der Waals surface area contributed by atoms with Gasteiger partial charge in [-0.1, -0.05) is 79.8 Å². The highest BCUT2D eigenvalue weighted by molar-refractivity contribution is 5.66. The van der Waals surface area contributed by atoms with Gasteiger partial charge in [0.1, 0.15) is 0 Å². The van der Waals surface area contributed by atoms with Gasteiger partial charge in [-0.2, -0.15) is 0 Å². The monoisotopic (exact) mass is 360 g/mol. The number of carboxylic acids is 1. The zero-order valence-electron chi connectivity index (χ0n) is 15.6. The van der Waals surface area contributed by atoms with E-state index in [4.69, 9.17) is 5.11 Å². The predicted molar refractivity (Wildman–Crippen MR) is 108 cm³/mol. The number of carbonyl (C=O) groups is 1. The summed E-state index contributed by atoms with van der Waals surface area (Å²) in [7, 11) is 0. The van der Waals surface area contributed by atoms with E-state index in [2.05, 4.69) is 19.1 Å². The van der Waals surface area contributed by atoms with Crippen LogP contribution in [0.1, 0.15) is 45.4 Å². The standard InChI is InChI=1S/C22H32O4/c1-2-3-4-5-6-10-15-20(23)16-11-7-8-12-17-21(24)18-13-9-14-19-22(25)26/h3-4,6-13,16-17,20-21,23-24H,2,5,14-15,18-19H2,1H3,(H,25,26)/b4-3-,8-7+,10-6-,13-9-,16-11-,17-12+/t20-,21?/m0/s1. The van der Waals surface area contributed by atoms with Crippen LogP contribution in [0, 0.1) is 0 Å². The highest BCUT2D eigenvalue weighted by atomic mass is 16.4. The first-order valence-corrected chi connectivity index (χ1v) is 9.10. The summed E-state index contributed by atoms with van der Waals surface area (Å²) < 4.78 is 0. The van der Waals surface area contributed by atoms with Gasteiger partial charge in [0.05, 0.1) is 12.2 Å². The highest BCUT2D eigenvalue weighted by Crippen LogP contribution is 2.00. The summed E-state index contributed by atoms with van der Waals surface area (Å²) in [5.41, 5.74) is 0. The number of hydrogen-bond donors (Lipinski definition) is 3. The van der Waals surface area contributed by atoms with Crippen molar-refractivity contribution in [1.82, 2.24) is 0 Å². The van der Waals surface area contributed by atoms with Crippen LogP contribution in [0.15, 0.2) is 72.9 Å². The average molecular weight is 360 g/mol. The molecule has 0 radical (unpaired) electrons. The Hall–Kier alpha value is -2.17. The Morgan fingerprint density at radius 1 is 0.808 bits per heavy atom. The maximum absolute atomic E-state index is 10.3. The van der Waals surface area contributed by atoms with E-state index in [1.54, 1.807) is 48.6 Å². The fourth-order valence-corrected chi connectivity index (χ4v) is 1.90. The quantitative estimate of drug-likeness (QED) is 0.315. The maximum atomic E-state index is 10.3. The number of aliphatic carboxylic acids is 1. The summed E-state index contributed by atoms with van der Waals surface area (Å²) in [5.74, 6) is -0.821. The molecule has 1 unspecified atom stereocenters. The van der Waals surface area contributed by atoms with Crippen molar-refractivity contribution in [2.24, 2.45) is 0 Å². The fraction of sp³-hybridized carbons (Fsp3) is 0.409. The van der Waals surface area contributed by atoms with Crippen LogP contribution in [-0.2, 0) is 4.79 Å². The molecule has 0 amide bonds. The van der Waals surface area contributed by atoms with Crippen LogP contribution < -0.4 is 0 Å². The third-order valence-corrected chi connectivity index (χ3v) is 3.29. The molecule has 0 bridgehead atoms. The molecular formula is C22H32O4. The van der Waals surface area contributed by atoms with Crippen LogP contribution in [0.25, 0.3) is 0 Å². The topological polar surface area (TPSA) is 77.8 Å². The van der Waals surface area contributed by atoms with E-state index in [9.17, 15) is 15.0 Å². The molecule has 0 fully saturated rings. The van der Waals surface area contributed by atoms with Gasteiger partial charge in [-0.3, -0.25) is 4.79 Å². The lowest BCUT2D eigenvalue weighted by Gasteiger charge is -1.99. The first kappa shape index (κ1) is 23.8. The lowest BCUT2D eigenvalue weighted by molar-refractivity contribution is -0.136. The van der Waals surface area contributed by atoms with Gasteiger partial charge in [0.25, 0.3) is 0 Å². The average Bonchev–Trinajstić information content (AvgIpc) is 2.60. The minimum Gasteiger partial charge on any atom is -0.481 e. The number of aliphatic hydroxyl groups excluding tert-OH is 2. The van der Waals surface area contributed by atoms with E-state index in [1.165, 1.54) is 0 Å². The van der Waals surface area contributed by atoms with Gasteiger partial charge in [-0.05, 0) is 32.1 Å². The molecule has 0 aromatic carbocycles. The van der Waals surface area contributed by atoms with Crippen LogP contribution in [-0.4, -0.2) is 33.5 Å². The molecule has 0 aromatic rings. The zero-order chi connectivity index (χ0) is 19.5. The largest absolute Gasteiger partial charge is 0.481 e. The van der Waals surface area contributed by atoms with E-state index in [1.807, 2.05) is 12.2 Å². The van der Waals surface area contributed by atoms with Crippen molar-refractivity contribution in [2.45, 2.75) is 57.7 Å². The van der Waals surface area contributed by atoms with E-state index in [0.29, 0.717) is 19.3 Å².